The number of rotatable bonds is 3. The van der Waals surface area contributed by atoms with E-state index in [-0.39, 0.29) is 0 Å². The molecule has 0 aliphatic heterocycles. The predicted octanol–water partition coefficient (Wildman–Crippen LogP) is 2.77. The quantitative estimate of drug-likeness (QED) is 0.558. The van der Waals surface area contributed by atoms with Crippen LogP contribution in [0.3, 0.4) is 0 Å². The van der Waals surface area contributed by atoms with Crippen molar-refractivity contribution >= 4 is 11.4 Å². The molecule has 15 heavy (non-hydrogen) atoms. The van der Waals surface area contributed by atoms with Gasteiger partial charge in [-0.1, -0.05) is 12.1 Å². The van der Waals surface area contributed by atoms with Gasteiger partial charge in [-0.3, -0.25) is 9.99 Å². The smallest absolute Gasteiger partial charge is 0.0878 e. The molecule has 1 aromatic rings. The maximum Gasteiger partial charge on any atom is 0.0878 e. The van der Waals surface area contributed by atoms with E-state index < -0.39 is 0 Å². The van der Waals surface area contributed by atoms with E-state index in [1.54, 1.807) is 6.20 Å². The monoisotopic (exact) mass is 203 g/mol. The molecule has 0 saturated heterocycles. The third-order valence-corrected chi connectivity index (χ3v) is 1.90. The van der Waals surface area contributed by atoms with Gasteiger partial charge < -0.3 is 0 Å². The Morgan fingerprint density at radius 1 is 1.40 bits per heavy atom. The highest BCUT2D eigenvalue weighted by molar-refractivity contribution is 5.79. The lowest BCUT2D eigenvalue weighted by Crippen LogP contribution is -2.12. The van der Waals surface area contributed by atoms with Crippen molar-refractivity contribution in [2.45, 2.75) is 20.8 Å². The lowest BCUT2D eigenvalue weighted by Gasteiger charge is -2.16. The Morgan fingerprint density at radius 3 is 2.60 bits per heavy atom. The fourth-order valence-electron chi connectivity index (χ4n) is 1.37. The molecule has 0 amide bonds. The number of allylic oxidation sites excluding steroid dienone is 1. The third-order valence-electron chi connectivity index (χ3n) is 1.90. The van der Waals surface area contributed by atoms with Gasteiger partial charge in [-0.05, 0) is 32.9 Å². The Hall–Kier alpha value is -1.64. The van der Waals surface area contributed by atoms with Crippen LogP contribution in [0.1, 0.15) is 26.5 Å². The first-order chi connectivity index (χ1) is 7.15. The summed E-state index contributed by atoms with van der Waals surface area (Å²) in [6.07, 6.45) is 3.80. The molecule has 0 N–H and O–H groups in total. The average Bonchev–Trinajstić information content (AvgIpc) is 2.19. The SMILES string of the molecule is C/C=C(/c1ccccn1)N(C)N=C(C)C. The van der Waals surface area contributed by atoms with Gasteiger partial charge in [0.25, 0.3) is 0 Å². The minimum absolute atomic E-state index is 0.938. The molecule has 0 radical (unpaired) electrons. The second-order valence-corrected chi connectivity index (χ2v) is 3.46. The molecule has 0 atom stereocenters. The van der Waals surface area contributed by atoms with Crippen molar-refractivity contribution in [1.82, 2.24) is 9.99 Å². The van der Waals surface area contributed by atoms with Crippen molar-refractivity contribution in [3.05, 3.63) is 36.2 Å². The maximum absolute atomic E-state index is 4.37. The van der Waals surface area contributed by atoms with Gasteiger partial charge in [-0.2, -0.15) is 5.10 Å². The van der Waals surface area contributed by atoms with Gasteiger partial charge in [0.05, 0.1) is 11.4 Å². The Morgan fingerprint density at radius 2 is 2.13 bits per heavy atom. The summed E-state index contributed by atoms with van der Waals surface area (Å²) in [7, 11) is 1.93. The van der Waals surface area contributed by atoms with Crippen LogP contribution in [0, 0.1) is 0 Å². The van der Waals surface area contributed by atoms with Gasteiger partial charge in [0, 0.05) is 19.0 Å². The van der Waals surface area contributed by atoms with E-state index in [9.17, 15) is 0 Å². The normalized spacial score (nSPS) is 11.1. The summed E-state index contributed by atoms with van der Waals surface area (Å²) in [5, 5.41) is 6.21. The zero-order chi connectivity index (χ0) is 11.3. The van der Waals surface area contributed by atoms with Crippen molar-refractivity contribution in [3.63, 3.8) is 0 Å². The van der Waals surface area contributed by atoms with E-state index in [1.165, 1.54) is 0 Å². The summed E-state index contributed by atoms with van der Waals surface area (Å²) in [4.78, 5) is 4.30. The summed E-state index contributed by atoms with van der Waals surface area (Å²) in [6.45, 7) is 5.94. The molecular formula is C12H17N3. The van der Waals surface area contributed by atoms with Crippen LogP contribution in [-0.4, -0.2) is 22.8 Å². The highest BCUT2D eigenvalue weighted by Gasteiger charge is 2.05. The summed E-state index contributed by atoms with van der Waals surface area (Å²) in [5.74, 6) is 0. The second kappa shape index (κ2) is 5.29. The largest absolute Gasteiger partial charge is 0.267 e. The standard InChI is InChI=1S/C12H17N3/c1-5-12(15(4)14-10(2)3)11-8-6-7-9-13-11/h5-9H,1-4H3/b12-5-. The first-order valence-electron chi connectivity index (χ1n) is 4.98. The zero-order valence-corrected chi connectivity index (χ0v) is 9.73. The minimum atomic E-state index is 0.938. The average molecular weight is 203 g/mol. The van der Waals surface area contributed by atoms with Crippen LogP contribution < -0.4 is 0 Å². The molecule has 0 bridgehead atoms. The van der Waals surface area contributed by atoms with Crippen molar-refractivity contribution < 1.29 is 0 Å². The third kappa shape index (κ3) is 3.20. The van der Waals surface area contributed by atoms with Crippen molar-refractivity contribution in [1.29, 1.82) is 0 Å². The zero-order valence-electron chi connectivity index (χ0n) is 9.73. The molecule has 0 unspecified atom stereocenters. The number of aromatic nitrogens is 1. The molecule has 1 aromatic heterocycles. The van der Waals surface area contributed by atoms with Gasteiger partial charge in [0.15, 0.2) is 0 Å². The Kier molecular flexibility index (Phi) is 4.03. The number of hydrogen-bond donors (Lipinski definition) is 0. The number of hydrogen-bond acceptors (Lipinski definition) is 3. The summed E-state index contributed by atoms with van der Waals surface area (Å²) in [5.41, 5.74) is 2.97. The number of pyridine rings is 1. The van der Waals surface area contributed by atoms with E-state index in [4.69, 9.17) is 0 Å². The summed E-state index contributed by atoms with van der Waals surface area (Å²) in [6, 6.07) is 5.86. The van der Waals surface area contributed by atoms with Crippen LogP contribution in [0.5, 0.6) is 0 Å². The molecular weight excluding hydrogens is 186 g/mol. The minimum Gasteiger partial charge on any atom is -0.267 e. The molecule has 1 heterocycles. The molecule has 0 aliphatic rings. The van der Waals surface area contributed by atoms with Crippen LogP contribution in [0.4, 0.5) is 0 Å². The lowest BCUT2D eigenvalue weighted by atomic mass is 10.2. The van der Waals surface area contributed by atoms with Crippen molar-refractivity contribution in [2.75, 3.05) is 7.05 Å². The molecule has 1 rings (SSSR count). The molecule has 0 aromatic carbocycles. The van der Waals surface area contributed by atoms with Crippen LogP contribution >= 0.6 is 0 Å². The van der Waals surface area contributed by atoms with Gasteiger partial charge in [0.2, 0.25) is 0 Å². The maximum atomic E-state index is 4.37. The molecule has 0 aliphatic carbocycles. The van der Waals surface area contributed by atoms with E-state index in [1.807, 2.05) is 57.1 Å². The fourth-order valence-corrected chi connectivity index (χ4v) is 1.37. The first kappa shape index (κ1) is 11.4. The Bertz CT molecular complexity index is 362. The first-order valence-corrected chi connectivity index (χ1v) is 4.98. The Labute approximate surface area is 91.1 Å². The molecule has 80 valence electrons. The van der Waals surface area contributed by atoms with E-state index in [2.05, 4.69) is 10.1 Å². The van der Waals surface area contributed by atoms with E-state index in [0.717, 1.165) is 17.1 Å². The van der Waals surface area contributed by atoms with Crippen LogP contribution in [0.25, 0.3) is 5.70 Å². The molecule has 0 spiro atoms. The lowest BCUT2D eigenvalue weighted by molar-refractivity contribution is 0.512. The number of hydrazone groups is 1. The van der Waals surface area contributed by atoms with Crippen LogP contribution in [0.15, 0.2) is 35.6 Å². The van der Waals surface area contributed by atoms with Gasteiger partial charge in [-0.15, -0.1) is 0 Å². The number of nitrogens with zero attached hydrogens (tertiary/aromatic N) is 3. The van der Waals surface area contributed by atoms with Gasteiger partial charge in [-0.25, -0.2) is 0 Å². The molecule has 3 heteroatoms. The second-order valence-electron chi connectivity index (χ2n) is 3.46. The molecule has 0 fully saturated rings. The Balaban J connectivity index is 2.97. The van der Waals surface area contributed by atoms with E-state index in [0.29, 0.717) is 0 Å². The molecule has 0 saturated carbocycles. The van der Waals surface area contributed by atoms with Gasteiger partial charge >= 0.3 is 0 Å². The van der Waals surface area contributed by atoms with Crippen LogP contribution in [0.2, 0.25) is 0 Å². The summed E-state index contributed by atoms with van der Waals surface area (Å²) < 4.78 is 0. The highest BCUT2D eigenvalue weighted by atomic mass is 15.4. The van der Waals surface area contributed by atoms with Crippen molar-refractivity contribution in [3.8, 4) is 0 Å². The molecule has 3 nitrogen and oxygen atoms in total. The topological polar surface area (TPSA) is 28.5 Å². The predicted molar refractivity (Wildman–Crippen MR) is 64.4 cm³/mol. The highest BCUT2D eigenvalue weighted by Crippen LogP contribution is 2.15. The van der Waals surface area contributed by atoms with Crippen molar-refractivity contribution in [2.24, 2.45) is 5.10 Å². The fraction of sp³-hybridized carbons (Fsp3) is 0.333. The van der Waals surface area contributed by atoms with Crippen LogP contribution in [-0.2, 0) is 0 Å². The van der Waals surface area contributed by atoms with Gasteiger partial charge in [0.1, 0.15) is 0 Å². The van der Waals surface area contributed by atoms with E-state index >= 15 is 0 Å². The summed E-state index contributed by atoms with van der Waals surface area (Å²) >= 11 is 0.